The summed E-state index contributed by atoms with van der Waals surface area (Å²) in [5.41, 5.74) is 0. The van der Waals surface area contributed by atoms with Gasteiger partial charge in [-0.3, -0.25) is 9.59 Å². The Morgan fingerprint density at radius 1 is 0.500 bits per heavy atom. The molecule has 0 spiro atoms. The number of hydrogen-bond acceptors (Lipinski definition) is 2. The van der Waals surface area contributed by atoms with Crippen LogP contribution in [0.2, 0.25) is 0 Å². The van der Waals surface area contributed by atoms with Crippen molar-refractivity contribution in [1.82, 2.24) is 10.6 Å². The Bertz CT molecular complexity index is 358. The van der Waals surface area contributed by atoms with Crippen molar-refractivity contribution in [3.05, 3.63) is 12.2 Å². The zero-order valence-corrected chi connectivity index (χ0v) is 18.7. The van der Waals surface area contributed by atoms with E-state index in [0.29, 0.717) is 13.1 Å². The van der Waals surface area contributed by atoms with E-state index in [0.717, 1.165) is 25.7 Å². The van der Waals surface area contributed by atoms with Crippen LogP contribution in [0.5, 0.6) is 0 Å². The van der Waals surface area contributed by atoms with Gasteiger partial charge < -0.3 is 10.6 Å². The second-order valence-electron chi connectivity index (χ2n) is 7.87. The maximum atomic E-state index is 11.7. The third kappa shape index (κ3) is 21.0. The van der Waals surface area contributed by atoms with Gasteiger partial charge >= 0.3 is 0 Å². The van der Waals surface area contributed by atoms with Crippen LogP contribution in [0.1, 0.15) is 117 Å². The van der Waals surface area contributed by atoms with Gasteiger partial charge in [-0.05, 0) is 12.8 Å². The zero-order valence-electron chi connectivity index (χ0n) is 18.7. The van der Waals surface area contributed by atoms with Crippen LogP contribution in [0.3, 0.4) is 0 Å². The summed E-state index contributed by atoms with van der Waals surface area (Å²) in [4.78, 5) is 23.4. The van der Waals surface area contributed by atoms with Gasteiger partial charge in [0.25, 0.3) is 0 Å². The highest BCUT2D eigenvalue weighted by atomic mass is 16.2. The fourth-order valence-corrected chi connectivity index (χ4v) is 3.21. The van der Waals surface area contributed by atoms with Gasteiger partial charge in [-0.25, -0.2) is 0 Å². The standard InChI is InChI=1S/C24H46N2O2/c1-3-5-7-9-11-13-15-17-21-25-23(27)19-20-24(28)26-22-18-16-14-12-10-8-6-4-2/h19-20H,3-18,21-22H2,1-2H3,(H,25,27)(H,26,28). The van der Waals surface area contributed by atoms with E-state index in [4.69, 9.17) is 0 Å². The predicted molar refractivity (Wildman–Crippen MR) is 120 cm³/mol. The summed E-state index contributed by atoms with van der Waals surface area (Å²) in [5, 5.41) is 5.70. The summed E-state index contributed by atoms with van der Waals surface area (Å²) in [6.07, 6.45) is 22.7. The largest absolute Gasteiger partial charge is 0.353 e. The summed E-state index contributed by atoms with van der Waals surface area (Å²) < 4.78 is 0. The molecule has 0 radical (unpaired) electrons. The summed E-state index contributed by atoms with van der Waals surface area (Å²) in [6, 6.07) is 0. The van der Waals surface area contributed by atoms with Gasteiger partial charge in [-0.1, -0.05) is 104 Å². The highest BCUT2D eigenvalue weighted by molar-refractivity contribution is 5.96. The van der Waals surface area contributed by atoms with Crippen LogP contribution < -0.4 is 10.6 Å². The lowest BCUT2D eigenvalue weighted by Crippen LogP contribution is -2.25. The van der Waals surface area contributed by atoms with Crippen LogP contribution in [0.25, 0.3) is 0 Å². The second kappa shape index (κ2) is 22.0. The van der Waals surface area contributed by atoms with Gasteiger partial charge in [-0.2, -0.15) is 0 Å². The topological polar surface area (TPSA) is 58.2 Å². The van der Waals surface area contributed by atoms with Gasteiger partial charge in [0.15, 0.2) is 0 Å². The molecule has 0 bridgehead atoms. The molecule has 28 heavy (non-hydrogen) atoms. The summed E-state index contributed by atoms with van der Waals surface area (Å²) in [7, 11) is 0. The number of amides is 2. The molecule has 0 rings (SSSR count). The molecule has 0 aliphatic rings. The van der Waals surface area contributed by atoms with Gasteiger partial charge in [-0.15, -0.1) is 0 Å². The van der Waals surface area contributed by atoms with Crippen LogP contribution >= 0.6 is 0 Å². The molecule has 2 N–H and O–H groups in total. The van der Waals surface area contributed by atoms with Crippen LogP contribution in [0.15, 0.2) is 12.2 Å². The number of nitrogens with one attached hydrogen (secondary N) is 2. The minimum atomic E-state index is -0.176. The quantitative estimate of drug-likeness (QED) is 0.195. The second-order valence-corrected chi connectivity index (χ2v) is 7.87. The molecule has 164 valence electrons. The molecule has 0 aliphatic heterocycles. The van der Waals surface area contributed by atoms with Gasteiger partial charge in [0.1, 0.15) is 0 Å². The molecular formula is C24H46N2O2. The Morgan fingerprint density at radius 3 is 1.11 bits per heavy atom. The van der Waals surface area contributed by atoms with Crippen LogP contribution in [0.4, 0.5) is 0 Å². The normalized spacial score (nSPS) is 11.1. The van der Waals surface area contributed by atoms with Crippen molar-refractivity contribution in [3.63, 3.8) is 0 Å². The number of unbranched alkanes of at least 4 members (excludes halogenated alkanes) is 14. The Kier molecular flexibility index (Phi) is 20.9. The van der Waals surface area contributed by atoms with Crippen LogP contribution in [-0.2, 0) is 9.59 Å². The average Bonchev–Trinajstić information content (AvgIpc) is 2.69. The van der Waals surface area contributed by atoms with E-state index in [1.54, 1.807) is 0 Å². The van der Waals surface area contributed by atoms with E-state index in [1.807, 2.05) is 0 Å². The first-order valence-electron chi connectivity index (χ1n) is 11.9. The number of hydrogen-bond donors (Lipinski definition) is 2. The van der Waals surface area contributed by atoms with Gasteiger partial charge in [0.2, 0.25) is 11.8 Å². The fraction of sp³-hybridized carbons (Fsp3) is 0.833. The van der Waals surface area contributed by atoms with Crippen molar-refractivity contribution in [2.45, 2.75) is 117 Å². The minimum Gasteiger partial charge on any atom is -0.353 e. The average molecular weight is 395 g/mol. The molecule has 0 aliphatic carbocycles. The Hall–Kier alpha value is -1.32. The molecule has 0 aromatic carbocycles. The monoisotopic (exact) mass is 394 g/mol. The number of carbonyl (C=O) groups excluding carboxylic acids is 2. The third-order valence-electron chi connectivity index (χ3n) is 5.05. The highest BCUT2D eigenvalue weighted by Gasteiger charge is 1.99. The van der Waals surface area contributed by atoms with E-state index >= 15 is 0 Å². The van der Waals surface area contributed by atoms with Crippen molar-refractivity contribution >= 4 is 11.8 Å². The summed E-state index contributed by atoms with van der Waals surface area (Å²) in [6.45, 7) is 5.85. The molecular weight excluding hydrogens is 348 g/mol. The van der Waals surface area contributed by atoms with E-state index in [1.165, 1.54) is 89.2 Å². The van der Waals surface area contributed by atoms with Crippen molar-refractivity contribution in [2.24, 2.45) is 0 Å². The minimum absolute atomic E-state index is 0.176. The van der Waals surface area contributed by atoms with E-state index in [9.17, 15) is 9.59 Å². The molecule has 0 saturated heterocycles. The zero-order chi connectivity index (χ0) is 20.7. The number of rotatable bonds is 20. The molecule has 0 aromatic rings. The Morgan fingerprint density at radius 2 is 0.786 bits per heavy atom. The maximum Gasteiger partial charge on any atom is 0.244 e. The lowest BCUT2D eigenvalue weighted by Gasteiger charge is -2.04. The summed E-state index contributed by atoms with van der Waals surface area (Å²) in [5.74, 6) is -0.352. The molecule has 0 heterocycles. The lowest BCUT2D eigenvalue weighted by molar-refractivity contribution is -0.118. The summed E-state index contributed by atoms with van der Waals surface area (Å²) >= 11 is 0. The van der Waals surface area contributed by atoms with Crippen molar-refractivity contribution in [2.75, 3.05) is 13.1 Å². The molecule has 4 heteroatoms. The van der Waals surface area contributed by atoms with E-state index in [2.05, 4.69) is 24.5 Å². The van der Waals surface area contributed by atoms with Crippen molar-refractivity contribution < 1.29 is 9.59 Å². The molecule has 0 fully saturated rings. The molecule has 0 atom stereocenters. The van der Waals surface area contributed by atoms with Gasteiger partial charge in [0, 0.05) is 25.2 Å². The third-order valence-corrected chi connectivity index (χ3v) is 5.05. The Labute approximate surface area is 174 Å². The van der Waals surface area contributed by atoms with E-state index in [-0.39, 0.29) is 11.8 Å². The fourth-order valence-electron chi connectivity index (χ4n) is 3.21. The predicted octanol–water partition coefficient (Wildman–Crippen LogP) is 6.06. The van der Waals surface area contributed by atoms with Crippen molar-refractivity contribution in [3.8, 4) is 0 Å². The van der Waals surface area contributed by atoms with Gasteiger partial charge in [0.05, 0.1) is 0 Å². The highest BCUT2D eigenvalue weighted by Crippen LogP contribution is 2.08. The molecule has 0 aromatic heterocycles. The smallest absolute Gasteiger partial charge is 0.244 e. The first kappa shape index (κ1) is 26.7. The molecule has 4 nitrogen and oxygen atoms in total. The maximum absolute atomic E-state index is 11.7. The van der Waals surface area contributed by atoms with Crippen LogP contribution in [-0.4, -0.2) is 24.9 Å². The number of carbonyl (C=O) groups is 2. The molecule has 2 amide bonds. The lowest BCUT2D eigenvalue weighted by atomic mass is 10.1. The van der Waals surface area contributed by atoms with E-state index < -0.39 is 0 Å². The van der Waals surface area contributed by atoms with Crippen molar-refractivity contribution in [1.29, 1.82) is 0 Å². The molecule has 0 saturated carbocycles. The van der Waals surface area contributed by atoms with Crippen LogP contribution in [0, 0.1) is 0 Å². The Balaban J connectivity index is 3.43. The SMILES string of the molecule is CCCCCCCCCCNC(=O)C=CC(=O)NCCCCCCCCCC. The molecule has 0 unspecified atom stereocenters. The first-order valence-corrected chi connectivity index (χ1v) is 11.9. The first-order chi connectivity index (χ1) is 13.7.